The van der Waals surface area contributed by atoms with Crippen LogP contribution in [0.2, 0.25) is 0 Å². The van der Waals surface area contributed by atoms with Crippen LogP contribution in [0.3, 0.4) is 0 Å². The lowest BCUT2D eigenvalue weighted by Gasteiger charge is -2.18. The van der Waals surface area contributed by atoms with Crippen LogP contribution < -0.4 is 10.1 Å². The van der Waals surface area contributed by atoms with Crippen molar-refractivity contribution in [3.05, 3.63) is 65.6 Å². The van der Waals surface area contributed by atoms with E-state index in [4.69, 9.17) is 4.74 Å². The van der Waals surface area contributed by atoms with Gasteiger partial charge in [-0.25, -0.2) is 0 Å². The molecule has 26 heavy (non-hydrogen) atoms. The van der Waals surface area contributed by atoms with Crippen LogP contribution in [0, 0.1) is 6.92 Å². The van der Waals surface area contributed by atoms with Crippen molar-refractivity contribution in [2.45, 2.75) is 26.3 Å². The normalized spacial score (nSPS) is 11.8. The topological polar surface area (TPSA) is 79.9 Å². The van der Waals surface area contributed by atoms with Gasteiger partial charge in [0.15, 0.2) is 0 Å². The Morgan fingerprint density at radius 2 is 2.15 bits per heavy atom. The van der Waals surface area contributed by atoms with Crippen LogP contribution >= 0.6 is 0 Å². The maximum atomic E-state index is 12.9. The summed E-state index contributed by atoms with van der Waals surface area (Å²) in [5, 5.41) is 10.0. The van der Waals surface area contributed by atoms with Crippen molar-refractivity contribution in [2.24, 2.45) is 0 Å². The molecule has 2 aromatic heterocycles. The molecule has 0 fully saturated rings. The second kappa shape index (κ2) is 7.82. The number of aryl methyl sites for hydroxylation is 1. The van der Waals surface area contributed by atoms with Crippen LogP contribution in [0.25, 0.3) is 11.3 Å². The van der Waals surface area contributed by atoms with Crippen molar-refractivity contribution >= 4 is 5.91 Å². The predicted octanol–water partition coefficient (Wildman–Crippen LogP) is 3.67. The third kappa shape index (κ3) is 3.59. The molecule has 2 N–H and O–H groups in total. The molecule has 0 saturated carbocycles. The highest BCUT2D eigenvalue weighted by Crippen LogP contribution is 2.26. The number of methoxy groups -OCH3 is 1. The minimum atomic E-state index is -0.187. The van der Waals surface area contributed by atoms with E-state index in [1.165, 1.54) is 0 Å². The molecule has 3 aromatic rings. The van der Waals surface area contributed by atoms with Crippen molar-refractivity contribution in [3.63, 3.8) is 0 Å². The number of nitrogens with one attached hydrogen (secondary N) is 2. The van der Waals surface area contributed by atoms with Gasteiger partial charge in [-0.2, -0.15) is 5.10 Å². The summed E-state index contributed by atoms with van der Waals surface area (Å²) in [4.78, 5) is 17.3. The van der Waals surface area contributed by atoms with E-state index in [0.29, 0.717) is 11.3 Å². The highest BCUT2D eigenvalue weighted by atomic mass is 16.5. The van der Waals surface area contributed by atoms with E-state index in [1.54, 1.807) is 19.5 Å². The van der Waals surface area contributed by atoms with Gasteiger partial charge in [0.2, 0.25) is 0 Å². The first kappa shape index (κ1) is 17.7. The maximum absolute atomic E-state index is 12.9. The van der Waals surface area contributed by atoms with Crippen molar-refractivity contribution in [1.29, 1.82) is 0 Å². The molecule has 2 heterocycles. The number of benzene rings is 1. The number of amides is 1. The van der Waals surface area contributed by atoms with Gasteiger partial charge in [0.25, 0.3) is 5.91 Å². The van der Waals surface area contributed by atoms with Crippen molar-refractivity contribution in [1.82, 2.24) is 20.5 Å². The lowest BCUT2D eigenvalue weighted by molar-refractivity contribution is 0.0935. The summed E-state index contributed by atoms with van der Waals surface area (Å²) in [7, 11) is 1.61. The summed E-state index contributed by atoms with van der Waals surface area (Å²) >= 11 is 0. The fourth-order valence-electron chi connectivity index (χ4n) is 2.92. The van der Waals surface area contributed by atoms with Gasteiger partial charge in [-0.15, -0.1) is 0 Å². The molecule has 6 nitrogen and oxygen atoms in total. The number of nitrogens with zero attached hydrogens (tertiary/aromatic N) is 2. The number of hydrogen-bond acceptors (Lipinski definition) is 4. The molecule has 0 aliphatic carbocycles. The highest BCUT2D eigenvalue weighted by Gasteiger charge is 2.21. The van der Waals surface area contributed by atoms with Crippen molar-refractivity contribution < 1.29 is 9.53 Å². The Balaban J connectivity index is 1.87. The number of carbonyl (C=O) groups is 1. The molecule has 0 radical (unpaired) electrons. The lowest BCUT2D eigenvalue weighted by Crippen LogP contribution is -2.29. The number of carbonyl (C=O) groups excluding carboxylic acids is 1. The van der Waals surface area contributed by atoms with Gasteiger partial charge in [-0.1, -0.05) is 25.1 Å². The first-order chi connectivity index (χ1) is 12.6. The molecular weight excluding hydrogens is 328 g/mol. The Morgan fingerprint density at radius 3 is 2.88 bits per heavy atom. The van der Waals surface area contributed by atoms with Crippen molar-refractivity contribution in [3.8, 4) is 17.0 Å². The van der Waals surface area contributed by atoms with Gasteiger partial charge >= 0.3 is 0 Å². The molecule has 0 bridgehead atoms. The minimum absolute atomic E-state index is 0.156. The Kier molecular flexibility index (Phi) is 5.31. The van der Waals surface area contributed by atoms with Crippen molar-refractivity contribution in [2.75, 3.05) is 7.11 Å². The number of rotatable bonds is 6. The summed E-state index contributed by atoms with van der Waals surface area (Å²) in [6, 6.07) is 11.2. The van der Waals surface area contributed by atoms with Gasteiger partial charge in [0.05, 0.1) is 36.3 Å². The zero-order valence-electron chi connectivity index (χ0n) is 15.1. The largest absolute Gasteiger partial charge is 0.497 e. The highest BCUT2D eigenvalue weighted by molar-refractivity contribution is 6.00. The fourth-order valence-corrected chi connectivity index (χ4v) is 2.92. The zero-order valence-corrected chi connectivity index (χ0v) is 15.1. The van der Waals surface area contributed by atoms with E-state index in [2.05, 4.69) is 20.5 Å². The minimum Gasteiger partial charge on any atom is -0.497 e. The zero-order chi connectivity index (χ0) is 18.5. The molecular formula is C20H22N4O2. The van der Waals surface area contributed by atoms with E-state index < -0.39 is 0 Å². The monoisotopic (exact) mass is 350 g/mol. The van der Waals surface area contributed by atoms with Crippen LogP contribution in [0.15, 0.2) is 48.8 Å². The van der Waals surface area contributed by atoms with Crippen LogP contribution in [0.1, 0.15) is 41.0 Å². The Morgan fingerprint density at radius 1 is 1.31 bits per heavy atom. The second-order valence-corrected chi connectivity index (χ2v) is 6.03. The number of ether oxygens (including phenoxy) is 1. The molecule has 0 saturated heterocycles. The molecule has 0 unspecified atom stereocenters. The molecule has 0 spiro atoms. The first-order valence-electron chi connectivity index (χ1n) is 8.54. The number of pyridine rings is 1. The fraction of sp³-hybridized carbons (Fsp3) is 0.250. The average Bonchev–Trinajstić information content (AvgIpc) is 3.16. The van der Waals surface area contributed by atoms with E-state index in [9.17, 15) is 4.79 Å². The molecule has 1 amide bonds. The number of aromatic amines is 1. The lowest BCUT2D eigenvalue weighted by atomic mass is 10.0. The molecule has 1 atom stereocenters. The molecule has 6 heteroatoms. The summed E-state index contributed by atoms with van der Waals surface area (Å²) in [5.41, 5.74) is 3.93. The average molecular weight is 350 g/mol. The third-order valence-electron chi connectivity index (χ3n) is 4.34. The van der Waals surface area contributed by atoms with Crippen LogP contribution in [0.4, 0.5) is 0 Å². The summed E-state index contributed by atoms with van der Waals surface area (Å²) < 4.78 is 5.26. The molecule has 0 aliphatic rings. The number of hydrogen-bond donors (Lipinski definition) is 2. The van der Waals surface area contributed by atoms with Crippen LogP contribution in [-0.4, -0.2) is 28.2 Å². The Bertz CT molecular complexity index is 904. The summed E-state index contributed by atoms with van der Waals surface area (Å²) in [6.45, 7) is 4.02. The molecule has 0 aliphatic heterocycles. The molecule has 1 aromatic carbocycles. The molecule has 3 rings (SSSR count). The van der Waals surface area contributed by atoms with Gasteiger partial charge in [-0.3, -0.25) is 14.9 Å². The predicted molar refractivity (Wildman–Crippen MR) is 100 cm³/mol. The van der Waals surface area contributed by atoms with Gasteiger partial charge in [0.1, 0.15) is 5.75 Å². The number of H-pyrrole nitrogens is 1. The quantitative estimate of drug-likeness (QED) is 0.711. The molecule has 134 valence electrons. The van der Waals surface area contributed by atoms with E-state index in [0.717, 1.165) is 29.0 Å². The van der Waals surface area contributed by atoms with Gasteiger partial charge in [-0.05, 0) is 37.1 Å². The Hall–Kier alpha value is -3.15. The first-order valence-corrected chi connectivity index (χ1v) is 8.54. The summed E-state index contributed by atoms with van der Waals surface area (Å²) in [6.07, 6.45) is 4.04. The number of aromatic nitrogens is 3. The summed E-state index contributed by atoms with van der Waals surface area (Å²) in [5.74, 6) is 0.535. The van der Waals surface area contributed by atoms with E-state index in [-0.39, 0.29) is 11.9 Å². The van der Waals surface area contributed by atoms with E-state index in [1.807, 2.05) is 50.2 Å². The van der Waals surface area contributed by atoms with E-state index >= 15 is 0 Å². The van der Waals surface area contributed by atoms with Gasteiger partial charge in [0, 0.05) is 11.8 Å². The van der Waals surface area contributed by atoms with Crippen LogP contribution in [0.5, 0.6) is 5.75 Å². The second-order valence-electron chi connectivity index (χ2n) is 6.03. The smallest absolute Gasteiger partial charge is 0.255 e. The Labute approximate surface area is 152 Å². The standard InChI is InChI=1S/C20H22N4O2/c1-4-17(18-13(2)7-6-10-21-18)23-20(25)16-12-22-24-19(16)14-8-5-9-15(11-14)26-3/h5-12,17H,4H2,1-3H3,(H,22,24)(H,23,25)/t17-/m1/s1. The van der Waals surface area contributed by atoms with Crippen LogP contribution in [-0.2, 0) is 0 Å². The third-order valence-corrected chi connectivity index (χ3v) is 4.34. The van der Waals surface area contributed by atoms with Gasteiger partial charge < -0.3 is 10.1 Å². The SMILES string of the molecule is CC[C@@H](NC(=O)c1cn[nH]c1-c1cccc(OC)c1)c1ncccc1C. The maximum Gasteiger partial charge on any atom is 0.255 e.